The van der Waals surface area contributed by atoms with E-state index in [0.717, 1.165) is 54.0 Å². The van der Waals surface area contributed by atoms with Gasteiger partial charge in [-0.1, -0.05) is 61.2 Å². The van der Waals surface area contributed by atoms with Crippen LogP contribution in [0.5, 0.6) is 5.75 Å². The molecule has 1 atom stereocenters. The van der Waals surface area contributed by atoms with Crippen molar-refractivity contribution < 1.29 is 9.13 Å². The summed E-state index contributed by atoms with van der Waals surface area (Å²) >= 11 is 0. The van der Waals surface area contributed by atoms with Crippen LogP contribution in [0.2, 0.25) is 0 Å². The molecule has 200 valence electrons. The van der Waals surface area contributed by atoms with E-state index in [1.165, 1.54) is 61.4 Å². The molecule has 2 aliphatic rings. The molecule has 0 saturated carbocycles. The third-order valence-corrected chi connectivity index (χ3v) is 8.24. The SMILES string of the molecule is C=Cc1c(O[C@H](c2ccc(N3CCCCC3)cc2)c2cccc(F)c2)cc(N2CCCCC2)c2ccccc12. The molecule has 2 aliphatic heterocycles. The average Bonchev–Trinajstić information content (AvgIpc) is 3.00. The highest BCUT2D eigenvalue weighted by atomic mass is 19.1. The maximum Gasteiger partial charge on any atom is 0.149 e. The van der Waals surface area contributed by atoms with E-state index in [-0.39, 0.29) is 5.82 Å². The number of nitrogens with zero attached hydrogens (tertiary/aromatic N) is 2. The van der Waals surface area contributed by atoms with Crippen molar-refractivity contribution >= 4 is 28.2 Å². The summed E-state index contributed by atoms with van der Waals surface area (Å²) in [5.74, 6) is 0.515. The van der Waals surface area contributed by atoms with E-state index in [0.29, 0.717) is 0 Å². The van der Waals surface area contributed by atoms with Crippen LogP contribution in [0.15, 0.2) is 85.4 Å². The van der Waals surface area contributed by atoms with Gasteiger partial charge in [0.15, 0.2) is 0 Å². The Bertz CT molecular complexity index is 1440. The van der Waals surface area contributed by atoms with Crippen LogP contribution in [0.1, 0.15) is 61.3 Å². The summed E-state index contributed by atoms with van der Waals surface area (Å²) in [7, 11) is 0. The quantitative estimate of drug-likeness (QED) is 0.242. The molecule has 2 fully saturated rings. The molecule has 6 rings (SSSR count). The highest BCUT2D eigenvalue weighted by Gasteiger charge is 2.23. The zero-order valence-electron chi connectivity index (χ0n) is 22.6. The largest absolute Gasteiger partial charge is 0.480 e. The van der Waals surface area contributed by atoms with Crippen LogP contribution in [0.25, 0.3) is 16.8 Å². The second kappa shape index (κ2) is 11.5. The van der Waals surface area contributed by atoms with E-state index in [2.05, 4.69) is 71.0 Å². The second-order valence-electron chi connectivity index (χ2n) is 10.8. The summed E-state index contributed by atoms with van der Waals surface area (Å²) in [4.78, 5) is 4.94. The molecule has 0 spiro atoms. The van der Waals surface area contributed by atoms with Crippen molar-refractivity contribution in [1.29, 1.82) is 0 Å². The second-order valence-corrected chi connectivity index (χ2v) is 10.8. The molecule has 4 heteroatoms. The van der Waals surface area contributed by atoms with E-state index < -0.39 is 6.10 Å². The van der Waals surface area contributed by atoms with Crippen LogP contribution in [0.4, 0.5) is 15.8 Å². The number of anilines is 2. The molecule has 0 unspecified atom stereocenters. The van der Waals surface area contributed by atoms with Gasteiger partial charge in [0.1, 0.15) is 17.7 Å². The number of ether oxygens (including phenoxy) is 1. The molecule has 39 heavy (non-hydrogen) atoms. The van der Waals surface area contributed by atoms with Gasteiger partial charge in [-0.05, 0) is 79.3 Å². The fraction of sp³-hybridized carbons (Fsp3) is 0.314. The molecule has 2 saturated heterocycles. The molecule has 4 aromatic carbocycles. The maximum atomic E-state index is 14.5. The van der Waals surface area contributed by atoms with Crippen LogP contribution >= 0.6 is 0 Å². The fourth-order valence-electron chi connectivity index (χ4n) is 6.20. The predicted octanol–water partition coefficient (Wildman–Crippen LogP) is 8.77. The summed E-state index contributed by atoms with van der Waals surface area (Å²) < 4.78 is 21.4. The standard InChI is InChI=1S/C35H37FN2O/c1-2-30-31-14-5-6-15-32(31)33(38-22-9-4-10-23-38)25-34(30)39-35(27-12-11-13-28(36)24-27)26-16-18-29(19-17-26)37-20-7-3-8-21-37/h2,5-6,11-19,24-25,35H,1,3-4,7-10,20-23H2/t35-/m1/s1. The van der Waals surface area contributed by atoms with Gasteiger partial charge >= 0.3 is 0 Å². The predicted molar refractivity (Wildman–Crippen MR) is 161 cm³/mol. The van der Waals surface area contributed by atoms with Crippen molar-refractivity contribution in [2.75, 3.05) is 36.0 Å². The molecule has 3 nitrogen and oxygen atoms in total. The molecule has 0 N–H and O–H groups in total. The lowest BCUT2D eigenvalue weighted by molar-refractivity contribution is 0.246. The molecule has 0 bridgehead atoms. The normalized spacial score (nSPS) is 16.7. The molecule has 4 aromatic rings. The smallest absolute Gasteiger partial charge is 0.149 e. The Hall–Kier alpha value is -3.79. The van der Waals surface area contributed by atoms with E-state index >= 15 is 0 Å². The number of piperidine rings is 2. The first-order valence-electron chi connectivity index (χ1n) is 14.4. The summed E-state index contributed by atoms with van der Waals surface area (Å²) in [5.41, 5.74) is 5.20. The summed E-state index contributed by atoms with van der Waals surface area (Å²) in [5, 5.41) is 2.35. The highest BCUT2D eigenvalue weighted by Crippen LogP contribution is 2.41. The van der Waals surface area contributed by atoms with Crippen molar-refractivity contribution in [3.63, 3.8) is 0 Å². The van der Waals surface area contributed by atoms with Crippen LogP contribution in [-0.2, 0) is 0 Å². The Kier molecular flexibility index (Phi) is 7.53. The monoisotopic (exact) mass is 520 g/mol. The lowest BCUT2D eigenvalue weighted by Gasteiger charge is -2.31. The molecule has 0 aliphatic carbocycles. The summed E-state index contributed by atoms with van der Waals surface area (Å²) in [6, 6.07) is 26.1. The topological polar surface area (TPSA) is 15.7 Å². The molecular weight excluding hydrogens is 483 g/mol. The van der Waals surface area contributed by atoms with Crippen molar-refractivity contribution in [1.82, 2.24) is 0 Å². The Labute approximate surface area is 231 Å². The summed E-state index contributed by atoms with van der Waals surface area (Å²) in [6.07, 6.45) is 8.89. The number of benzene rings is 4. The Morgan fingerprint density at radius 2 is 1.36 bits per heavy atom. The third-order valence-electron chi connectivity index (χ3n) is 8.24. The first-order valence-corrected chi connectivity index (χ1v) is 14.4. The molecule has 2 heterocycles. The Balaban J connectivity index is 1.43. The lowest BCUT2D eigenvalue weighted by Crippen LogP contribution is -2.29. The van der Waals surface area contributed by atoms with Gasteiger partial charge in [0.05, 0.1) is 0 Å². The molecule has 0 radical (unpaired) electrons. The number of halogens is 1. The van der Waals surface area contributed by atoms with Crippen molar-refractivity contribution in [3.05, 3.63) is 108 Å². The van der Waals surface area contributed by atoms with E-state index in [4.69, 9.17) is 4.74 Å². The van der Waals surface area contributed by atoms with Gasteiger partial charge in [-0.2, -0.15) is 0 Å². The molecule has 0 amide bonds. The molecule has 0 aromatic heterocycles. The Morgan fingerprint density at radius 3 is 2.03 bits per heavy atom. The van der Waals surface area contributed by atoms with Gasteiger partial charge in [0.25, 0.3) is 0 Å². The van der Waals surface area contributed by atoms with Crippen LogP contribution < -0.4 is 14.5 Å². The van der Waals surface area contributed by atoms with E-state index in [9.17, 15) is 4.39 Å². The summed E-state index contributed by atoms with van der Waals surface area (Å²) in [6.45, 7) is 8.44. The zero-order chi connectivity index (χ0) is 26.6. The molecular formula is C35H37FN2O. The number of rotatable bonds is 7. The van der Waals surface area contributed by atoms with Gasteiger partial charge in [0.2, 0.25) is 0 Å². The number of hydrogen-bond acceptors (Lipinski definition) is 3. The van der Waals surface area contributed by atoms with Crippen LogP contribution in [-0.4, -0.2) is 26.2 Å². The zero-order valence-corrected chi connectivity index (χ0v) is 22.6. The van der Waals surface area contributed by atoms with E-state index in [1.807, 2.05) is 12.1 Å². The first kappa shape index (κ1) is 25.5. The van der Waals surface area contributed by atoms with E-state index in [1.54, 1.807) is 12.1 Å². The third kappa shape index (κ3) is 5.38. The average molecular weight is 521 g/mol. The minimum atomic E-state index is -0.454. The van der Waals surface area contributed by atoms with Gasteiger partial charge in [-0.3, -0.25) is 0 Å². The van der Waals surface area contributed by atoms with Crippen LogP contribution in [0.3, 0.4) is 0 Å². The minimum absolute atomic E-state index is 0.262. The van der Waals surface area contributed by atoms with Gasteiger partial charge in [-0.25, -0.2) is 4.39 Å². The Morgan fingerprint density at radius 1 is 0.692 bits per heavy atom. The van der Waals surface area contributed by atoms with Crippen LogP contribution in [0, 0.1) is 5.82 Å². The van der Waals surface area contributed by atoms with Gasteiger partial charge in [0, 0.05) is 54.6 Å². The number of fused-ring (bicyclic) bond motifs is 1. The maximum absolute atomic E-state index is 14.5. The van der Waals surface area contributed by atoms with Gasteiger partial charge < -0.3 is 14.5 Å². The number of hydrogen-bond donors (Lipinski definition) is 0. The minimum Gasteiger partial charge on any atom is -0.480 e. The van der Waals surface area contributed by atoms with Gasteiger partial charge in [-0.15, -0.1) is 0 Å². The fourth-order valence-corrected chi connectivity index (χ4v) is 6.20. The highest BCUT2D eigenvalue weighted by molar-refractivity contribution is 6.01. The van der Waals surface area contributed by atoms with Crippen molar-refractivity contribution in [2.24, 2.45) is 0 Å². The first-order chi connectivity index (χ1) is 19.2. The van der Waals surface area contributed by atoms with Crippen molar-refractivity contribution in [2.45, 2.75) is 44.6 Å². The van der Waals surface area contributed by atoms with Crippen molar-refractivity contribution in [3.8, 4) is 5.75 Å². The lowest BCUT2D eigenvalue weighted by atomic mass is 9.98.